The first-order valence-electron chi connectivity index (χ1n) is 4.24. The van der Waals surface area contributed by atoms with E-state index in [1.165, 1.54) is 6.26 Å². The Labute approximate surface area is 77.9 Å². The van der Waals surface area contributed by atoms with Gasteiger partial charge in [0.1, 0.15) is 9.84 Å². The van der Waals surface area contributed by atoms with E-state index in [0.29, 0.717) is 6.42 Å². The van der Waals surface area contributed by atoms with Gasteiger partial charge >= 0.3 is 5.97 Å². The van der Waals surface area contributed by atoms with Crippen molar-refractivity contribution in [1.82, 2.24) is 0 Å². The molecule has 13 heavy (non-hydrogen) atoms. The Morgan fingerprint density at radius 1 is 1.38 bits per heavy atom. The van der Waals surface area contributed by atoms with Crippen LogP contribution in [0.25, 0.3) is 0 Å². The summed E-state index contributed by atoms with van der Waals surface area (Å²) in [7, 11) is -3.07. The second-order valence-corrected chi connectivity index (χ2v) is 6.17. The minimum Gasteiger partial charge on any atom is -0.481 e. The molecule has 1 aliphatic rings. The van der Waals surface area contributed by atoms with Gasteiger partial charge < -0.3 is 5.11 Å². The molecule has 1 rings (SSSR count). The van der Waals surface area contributed by atoms with Crippen LogP contribution < -0.4 is 0 Å². The van der Waals surface area contributed by atoms with Gasteiger partial charge in [-0.2, -0.15) is 0 Å². The van der Waals surface area contributed by atoms with Crippen molar-refractivity contribution in [3.8, 4) is 0 Å². The third kappa shape index (κ3) is 2.21. The number of carboxylic acids is 1. The molecule has 1 saturated carbocycles. The topological polar surface area (TPSA) is 71.4 Å². The molecule has 0 aromatic rings. The van der Waals surface area contributed by atoms with Crippen LogP contribution in [-0.4, -0.2) is 31.0 Å². The average Bonchev–Trinajstić information content (AvgIpc) is 2.29. The van der Waals surface area contributed by atoms with Gasteiger partial charge in [-0.1, -0.05) is 6.92 Å². The number of hydrogen-bond donors (Lipinski definition) is 1. The van der Waals surface area contributed by atoms with Crippen LogP contribution >= 0.6 is 0 Å². The van der Waals surface area contributed by atoms with Crippen LogP contribution in [-0.2, 0) is 14.6 Å². The quantitative estimate of drug-likeness (QED) is 0.715. The Balaban J connectivity index is 2.77. The van der Waals surface area contributed by atoms with E-state index in [2.05, 4.69) is 0 Å². The zero-order valence-electron chi connectivity index (χ0n) is 7.73. The third-order valence-electron chi connectivity index (χ3n) is 2.76. The lowest BCUT2D eigenvalue weighted by Gasteiger charge is -2.07. The van der Waals surface area contributed by atoms with Crippen molar-refractivity contribution in [3.05, 3.63) is 0 Å². The predicted molar refractivity (Wildman–Crippen MR) is 48.2 cm³/mol. The Morgan fingerprint density at radius 3 is 2.15 bits per heavy atom. The maximum Gasteiger partial charge on any atom is 0.306 e. The van der Waals surface area contributed by atoms with Crippen LogP contribution in [0.15, 0.2) is 0 Å². The summed E-state index contributed by atoms with van der Waals surface area (Å²) in [4.78, 5) is 10.7. The molecule has 1 fully saturated rings. The molecule has 0 aromatic carbocycles. The summed E-state index contributed by atoms with van der Waals surface area (Å²) in [5.41, 5.74) is 0. The zero-order chi connectivity index (χ0) is 10.2. The zero-order valence-corrected chi connectivity index (χ0v) is 8.54. The van der Waals surface area contributed by atoms with Gasteiger partial charge in [-0.3, -0.25) is 4.79 Å². The normalized spacial score (nSPS) is 34.8. The third-order valence-corrected chi connectivity index (χ3v) is 4.36. The maximum absolute atomic E-state index is 11.2. The highest BCUT2D eigenvalue weighted by atomic mass is 32.2. The van der Waals surface area contributed by atoms with E-state index < -0.39 is 27.0 Å². The van der Waals surface area contributed by atoms with Gasteiger partial charge in [0.2, 0.25) is 0 Å². The van der Waals surface area contributed by atoms with Gasteiger partial charge in [0.25, 0.3) is 0 Å². The largest absolute Gasteiger partial charge is 0.481 e. The molecule has 1 aliphatic carbocycles. The molecule has 0 radical (unpaired) electrons. The van der Waals surface area contributed by atoms with Crippen LogP contribution in [0, 0.1) is 11.8 Å². The molecule has 0 spiro atoms. The number of rotatable bonds is 2. The second kappa shape index (κ2) is 3.29. The van der Waals surface area contributed by atoms with Gasteiger partial charge in [0, 0.05) is 6.26 Å². The molecule has 3 atom stereocenters. The van der Waals surface area contributed by atoms with E-state index in [4.69, 9.17) is 5.11 Å². The SMILES string of the molecule is C[C@@H]1C[C@@H](S(C)(=O)=O)C[C@@H]1C(=O)O. The lowest BCUT2D eigenvalue weighted by molar-refractivity contribution is -0.142. The molecule has 0 aliphatic heterocycles. The molecular formula is C8H14O4S. The molecule has 0 unspecified atom stereocenters. The minimum absolute atomic E-state index is 0.0303. The van der Waals surface area contributed by atoms with Crippen molar-refractivity contribution in [1.29, 1.82) is 0 Å². The molecule has 0 bridgehead atoms. The molecule has 76 valence electrons. The van der Waals surface area contributed by atoms with Crippen LogP contribution in [0.2, 0.25) is 0 Å². The van der Waals surface area contributed by atoms with Crippen molar-refractivity contribution in [2.75, 3.05) is 6.26 Å². The molecular weight excluding hydrogens is 192 g/mol. The van der Waals surface area contributed by atoms with E-state index in [1.54, 1.807) is 6.92 Å². The Morgan fingerprint density at radius 2 is 1.92 bits per heavy atom. The van der Waals surface area contributed by atoms with E-state index in [1.807, 2.05) is 0 Å². The van der Waals surface area contributed by atoms with Gasteiger partial charge in [0.15, 0.2) is 0 Å². The summed E-state index contributed by atoms with van der Waals surface area (Å²) in [5, 5.41) is 8.32. The van der Waals surface area contributed by atoms with E-state index in [0.717, 1.165) is 0 Å². The lowest BCUT2D eigenvalue weighted by Crippen LogP contribution is -2.18. The van der Waals surface area contributed by atoms with Gasteiger partial charge in [-0.15, -0.1) is 0 Å². The Bertz CT molecular complexity index is 306. The van der Waals surface area contributed by atoms with Crippen LogP contribution in [0.4, 0.5) is 0 Å². The Kier molecular flexibility index (Phi) is 2.66. The molecule has 0 heterocycles. The first-order valence-corrected chi connectivity index (χ1v) is 6.19. The maximum atomic E-state index is 11.2. The highest BCUT2D eigenvalue weighted by molar-refractivity contribution is 7.91. The summed E-state index contributed by atoms with van der Waals surface area (Å²) in [6, 6.07) is 0. The predicted octanol–water partition coefficient (Wildman–Crippen LogP) is 0.530. The first kappa shape index (κ1) is 10.5. The van der Waals surface area contributed by atoms with E-state index in [9.17, 15) is 13.2 Å². The summed E-state index contributed by atoms with van der Waals surface area (Å²) < 4.78 is 22.3. The van der Waals surface area contributed by atoms with Crippen molar-refractivity contribution >= 4 is 15.8 Å². The van der Waals surface area contributed by atoms with Crippen LogP contribution in [0.5, 0.6) is 0 Å². The summed E-state index contributed by atoms with van der Waals surface area (Å²) in [6.07, 6.45) is 1.93. The van der Waals surface area contributed by atoms with Gasteiger partial charge in [0.05, 0.1) is 11.2 Å². The van der Waals surface area contributed by atoms with Crippen molar-refractivity contribution in [3.63, 3.8) is 0 Å². The molecule has 0 aromatic heterocycles. The highest BCUT2D eigenvalue weighted by Gasteiger charge is 2.40. The Hall–Kier alpha value is -0.580. The fraction of sp³-hybridized carbons (Fsp3) is 0.875. The lowest BCUT2D eigenvalue weighted by atomic mass is 9.99. The monoisotopic (exact) mass is 206 g/mol. The smallest absolute Gasteiger partial charge is 0.306 e. The van der Waals surface area contributed by atoms with Crippen LogP contribution in [0.1, 0.15) is 19.8 Å². The number of carbonyl (C=O) groups is 1. The van der Waals surface area contributed by atoms with Crippen molar-refractivity contribution in [2.24, 2.45) is 11.8 Å². The molecule has 4 nitrogen and oxygen atoms in total. The fourth-order valence-electron chi connectivity index (χ4n) is 1.88. The highest BCUT2D eigenvalue weighted by Crippen LogP contribution is 2.35. The molecule has 0 amide bonds. The minimum atomic E-state index is -3.07. The van der Waals surface area contributed by atoms with Crippen molar-refractivity contribution < 1.29 is 18.3 Å². The molecule has 1 N–H and O–H groups in total. The van der Waals surface area contributed by atoms with E-state index >= 15 is 0 Å². The molecule has 5 heteroatoms. The second-order valence-electron chi connectivity index (χ2n) is 3.84. The van der Waals surface area contributed by atoms with Gasteiger partial charge in [-0.05, 0) is 18.8 Å². The fourth-order valence-corrected chi connectivity index (χ4v) is 3.09. The summed E-state index contributed by atoms with van der Waals surface area (Å²) >= 11 is 0. The first-order chi connectivity index (χ1) is 5.82. The standard InChI is InChI=1S/C8H14O4S/c1-5-3-6(13(2,11)12)4-7(5)8(9)10/h5-7H,3-4H2,1-2H3,(H,9,10)/t5-,6-,7+/m1/s1. The number of aliphatic carboxylic acids is 1. The summed E-state index contributed by atoms with van der Waals surface area (Å²) in [5.74, 6) is -1.39. The number of hydrogen-bond acceptors (Lipinski definition) is 3. The molecule has 0 saturated heterocycles. The van der Waals surface area contributed by atoms with Crippen molar-refractivity contribution in [2.45, 2.75) is 25.0 Å². The van der Waals surface area contributed by atoms with E-state index in [-0.39, 0.29) is 12.3 Å². The van der Waals surface area contributed by atoms with Crippen LogP contribution in [0.3, 0.4) is 0 Å². The number of sulfone groups is 1. The van der Waals surface area contributed by atoms with Gasteiger partial charge in [-0.25, -0.2) is 8.42 Å². The summed E-state index contributed by atoms with van der Waals surface area (Å²) in [6.45, 7) is 1.80. The number of carboxylic acid groups (broad SMARTS) is 1. The average molecular weight is 206 g/mol.